The zero-order valence-electron chi connectivity index (χ0n) is 13.7. The largest absolute Gasteiger partial charge is 0.337 e. The normalized spacial score (nSPS) is 14.6. The van der Waals surface area contributed by atoms with Crippen molar-refractivity contribution in [2.24, 2.45) is 0 Å². The smallest absolute Gasteiger partial charge is 0.322 e. The molecule has 0 spiro atoms. The van der Waals surface area contributed by atoms with E-state index in [0.29, 0.717) is 32.1 Å². The van der Waals surface area contributed by atoms with E-state index in [0.717, 1.165) is 16.6 Å². The van der Waals surface area contributed by atoms with Gasteiger partial charge in [0.25, 0.3) is 0 Å². The van der Waals surface area contributed by atoms with Crippen molar-refractivity contribution >= 4 is 28.6 Å². The summed E-state index contributed by atoms with van der Waals surface area (Å²) in [6, 6.07) is 11.3. The molecule has 0 atom stereocenters. The Morgan fingerprint density at radius 1 is 0.880 bits per heavy atom. The highest BCUT2D eigenvalue weighted by Gasteiger charge is 2.22. The molecule has 1 N–H and O–H groups in total. The fraction of sp³-hybridized carbons (Fsp3) is 0.222. The minimum absolute atomic E-state index is 0.105. The molecule has 0 unspecified atom stereocenters. The van der Waals surface area contributed by atoms with Crippen LogP contribution in [-0.4, -0.2) is 52.1 Å². The van der Waals surface area contributed by atoms with E-state index in [9.17, 15) is 4.79 Å². The zero-order valence-corrected chi connectivity index (χ0v) is 13.7. The van der Waals surface area contributed by atoms with Crippen LogP contribution in [0.5, 0.6) is 0 Å². The van der Waals surface area contributed by atoms with E-state index in [4.69, 9.17) is 0 Å². The van der Waals surface area contributed by atoms with Gasteiger partial charge in [-0.3, -0.25) is 4.98 Å². The van der Waals surface area contributed by atoms with Gasteiger partial charge in [-0.1, -0.05) is 18.2 Å². The molecule has 7 heteroatoms. The number of pyridine rings is 1. The number of hydrogen-bond donors (Lipinski definition) is 1. The summed E-state index contributed by atoms with van der Waals surface area (Å²) < 4.78 is 0. The SMILES string of the molecule is O=C(Nc1cccc2cccnc12)N1CCN(c2ncccn2)CC1. The number of fused-ring (bicyclic) bond motifs is 1. The number of urea groups is 1. The highest BCUT2D eigenvalue weighted by Crippen LogP contribution is 2.21. The van der Waals surface area contributed by atoms with Gasteiger partial charge in [-0.05, 0) is 18.2 Å². The first-order valence-electron chi connectivity index (χ1n) is 8.23. The number of para-hydroxylation sites is 1. The number of aromatic nitrogens is 3. The third kappa shape index (κ3) is 3.21. The maximum Gasteiger partial charge on any atom is 0.322 e. The summed E-state index contributed by atoms with van der Waals surface area (Å²) in [7, 11) is 0. The van der Waals surface area contributed by atoms with Gasteiger partial charge in [0.2, 0.25) is 5.95 Å². The number of carbonyl (C=O) groups is 1. The average Bonchev–Trinajstić information content (AvgIpc) is 2.69. The molecule has 1 saturated heterocycles. The van der Waals surface area contributed by atoms with Crippen LogP contribution in [0.25, 0.3) is 10.9 Å². The quantitative estimate of drug-likeness (QED) is 0.779. The number of carbonyl (C=O) groups excluding carboxylic acids is 1. The second-order valence-electron chi connectivity index (χ2n) is 5.83. The number of nitrogens with zero attached hydrogens (tertiary/aromatic N) is 5. The van der Waals surface area contributed by atoms with Crippen LogP contribution < -0.4 is 10.2 Å². The van der Waals surface area contributed by atoms with Gasteiger partial charge in [-0.25, -0.2) is 14.8 Å². The van der Waals surface area contributed by atoms with Crippen LogP contribution in [-0.2, 0) is 0 Å². The molecule has 3 heterocycles. The van der Waals surface area contributed by atoms with Gasteiger partial charge in [0.1, 0.15) is 0 Å². The molecule has 25 heavy (non-hydrogen) atoms. The molecule has 2 aromatic heterocycles. The van der Waals surface area contributed by atoms with Crippen molar-refractivity contribution in [2.75, 3.05) is 36.4 Å². The maximum absolute atomic E-state index is 12.6. The lowest BCUT2D eigenvalue weighted by Gasteiger charge is -2.34. The Balaban J connectivity index is 1.42. The molecule has 3 aromatic rings. The maximum atomic E-state index is 12.6. The number of amides is 2. The molecule has 0 bridgehead atoms. The van der Waals surface area contributed by atoms with Crippen LogP contribution in [0, 0.1) is 0 Å². The Hall–Kier alpha value is -3.22. The van der Waals surface area contributed by atoms with Crippen molar-refractivity contribution in [1.82, 2.24) is 19.9 Å². The predicted molar refractivity (Wildman–Crippen MR) is 96.6 cm³/mol. The van der Waals surface area contributed by atoms with Crippen molar-refractivity contribution in [3.8, 4) is 0 Å². The Morgan fingerprint density at radius 2 is 1.60 bits per heavy atom. The predicted octanol–water partition coefficient (Wildman–Crippen LogP) is 2.38. The average molecular weight is 334 g/mol. The van der Waals surface area contributed by atoms with Gasteiger partial charge in [0.15, 0.2) is 0 Å². The first-order valence-corrected chi connectivity index (χ1v) is 8.23. The van der Waals surface area contributed by atoms with Gasteiger partial charge < -0.3 is 15.1 Å². The Morgan fingerprint density at radius 3 is 2.40 bits per heavy atom. The number of hydrogen-bond acceptors (Lipinski definition) is 5. The Kier molecular flexibility index (Phi) is 4.12. The van der Waals surface area contributed by atoms with E-state index in [2.05, 4.69) is 25.2 Å². The molecule has 2 amide bonds. The second kappa shape index (κ2) is 6.72. The van der Waals surface area contributed by atoms with Crippen molar-refractivity contribution < 1.29 is 4.79 Å². The van der Waals surface area contributed by atoms with Crippen molar-refractivity contribution in [3.63, 3.8) is 0 Å². The molecule has 0 radical (unpaired) electrons. The van der Waals surface area contributed by atoms with Crippen LogP contribution in [0.15, 0.2) is 55.0 Å². The first-order chi connectivity index (χ1) is 12.3. The summed E-state index contributed by atoms with van der Waals surface area (Å²) in [6.07, 6.45) is 5.19. The van der Waals surface area contributed by atoms with Crippen molar-refractivity contribution in [2.45, 2.75) is 0 Å². The lowest BCUT2D eigenvalue weighted by atomic mass is 10.2. The molecular formula is C18H18N6O. The molecule has 1 aliphatic heterocycles. The molecular weight excluding hydrogens is 316 g/mol. The standard InChI is InChI=1S/C18H18N6O/c25-18(22-15-6-1-4-14-5-2-7-19-16(14)15)24-12-10-23(11-13-24)17-20-8-3-9-21-17/h1-9H,10-13H2,(H,22,25). The summed E-state index contributed by atoms with van der Waals surface area (Å²) in [5.74, 6) is 0.709. The van der Waals surface area contributed by atoms with E-state index < -0.39 is 0 Å². The number of rotatable bonds is 2. The summed E-state index contributed by atoms with van der Waals surface area (Å²) in [6.45, 7) is 2.68. The lowest BCUT2D eigenvalue weighted by Crippen LogP contribution is -2.50. The molecule has 0 saturated carbocycles. The lowest BCUT2D eigenvalue weighted by molar-refractivity contribution is 0.208. The van der Waals surface area contributed by atoms with Crippen molar-refractivity contribution in [1.29, 1.82) is 0 Å². The van der Waals surface area contributed by atoms with Gasteiger partial charge in [-0.2, -0.15) is 0 Å². The van der Waals surface area contributed by atoms with Gasteiger partial charge >= 0.3 is 6.03 Å². The Labute approximate surface area is 145 Å². The third-order valence-electron chi connectivity index (χ3n) is 4.28. The fourth-order valence-corrected chi connectivity index (χ4v) is 2.96. The van der Waals surface area contributed by atoms with Gasteiger partial charge in [-0.15, -0.1) is 0 Å². The molecule has 1 fully saturated rings. The molecule has 0 aliphatic carbocycles. The highest BCUT2D eigenvalue weighted by atomic mass is 16.2. The van der Waals surface area contributed by atoms with E-state index in [1.54, 1.807) is 29.6 Å². The molecule has 7 nitrogen and oxygen atoms in total. The van der Waals surface area contributed by atoms with Crippen LogP contribution >= 0.6 is 0 Å². The monoisotopic (exact) mass is 334 g/mol. The number of piperazine rings is 1. The number of anilines is 2. The van der Waals surface area contributed by atoms with Gasteiger partial charge in [0, 0.05) is 50.2 Å². The van der Waals surface area contributed by atoms with Crippen LogP contribution in [0.4, 0.5) is 16.4 Å². The summed E-state index contributed by atoms with van der Waals surface area (Å²) in [5, 5.41) is 3.99. The van der Waals surface area contributed by atoms with Crippen LogP contribution in [0.3, 0.4) is 0 Å². The highest BCUT2D eigenvalue weighted by molar-refractivity contribution is 5.99. The van der Waals surface area contributed by atoms with Gasteiger partial charge in [0.05, 0.1) is 11.2 Å². The molecule has 1 aliphatic rings. The first kappa shape index (κ1) is 15.3. The Bertz CT molecular complexity index is 872. The van der Waals surface area contributed by atoms with E-state index in [1.165, 1.54) is 0 Å². The van der Waals surface area contributed by atoms with E-state index >= 15 is 0 Å². The minimum Gasteiger partial charge on any atom is -0.337 e. The minimum atomic E-state index is -0.105. The molecule has 126 valence electrons. The summed E-state index contributed by atoms with van der Waals surface area (Å²) in [4.78, 5) is 29.4. The summed E-state index contributed by atoms with van der Waals surface area (Å²) in [5.41, 5.74) is 1.53. The topological polar surface area (TPSA) is 74.2 Å². The van der Waals surface area contributed by atoms with Crippen LogP contribution in [0.2, 0.25) is 0 Å². The van der Waals surface area contributed by atoms with E-state index in [-0.39, 0.29) is 6.03 Å². The van der Waals surface area contributed by atoms with E-state index in [1.807, 2.05) is 30.3 Å². The summed E-state index contributed by atoms with van der Waals surface area (Å²) >= 11 is 0. The van der Waals surface area contributed by atoms with Crippen molar-refractivity contribution in [3.05, 3.63) is 55.0 Å². The zero-order chi connectivity index (χ0) is 17.1. The number of benzene rings is 1. The molecule has 1 aromatic carbocycles. The second-order valence-corrected chi connectivity index (χ2v) is 5.83. The fourth-order valence-electron chi connectivity index (χ4n) is 2.96. The third-order valence-corrected chi connectivity index (χ3v) is 4.28. The molecule has 4 rings (SSSR count). The number of nitrogens with one attached hydrogen (secondary N) is 1. The van der Waals surface area contributed by atoms with Crippen LogP contribution in [0.1, 0.15) is 0 Å².